The summed E-state index contributed by atoms with van der Waals surface area (Å²) in [5.74, 6) is -1.35. The van der Waals surface area contributed by atoms with Gasteiger partial charge in [-0.2, -0.15) is 0 Å². The highest BCUT2D eigenvalue weighted by Crippen LogP contribution is 2.55. The maximum absolute atomic E-state index is 14.0. The fraction of sp³-hybridized carbons (Fsp3) is 0.621. The summed E-state index contributed by atoms with van der Waals surface area (Å²) in [6.45, 7) is 7.77. The molecule has 2 N–H and O–H groups in total. The van der Waals surface area contributed by atoms with Crippen LogP contribution in [0.3, 0.4) is 0 Å². The zero-order chi connectivity index (χ0) is 27.0. The standard InChI is InChI=1S/C29H38ClN3O5/c1-4-37-16-6-15-33-25(27(35)32-21-8-5-7-17(2)18(21)3)29-14-13-22(38-29)23(24(29)28(33)36)26(34)31-20-11-9-19(30)10-12-20/h9-14,17-18,21-25H,4-8,15-16H2,1-3H3,(H,31,34)(H,32,35)/t17-,18+,21-,22-,23-,24-,25+,29+/m1/s1. The third-order valence-electron chi connectivity index (χ3n) is 8.96. The molecular formula is C29H38ClN3O5. The maximum atomic E-state index is 14.0. The van der Waals surface area contributed by atoms with Crippen molar-refractivity contribution in [3.05, 3.63) is 41.4 Å². The van der Waals surface area contributed by atoms with Gasteiger partial charge in [0, 0.05) is 36.5 Å². The van der Waals surface area contributed by atoms with Gasteiger partial charge in [-0.15, -0.1) is 0 Å². The van der Waals surface area contributed by atoms with E-state index >= 15 is 0 Å². The van der Waals surface area contributed by atoms with E-state index in [4.69, 9.17) is 21.1 Å². The number of benzene rings is 1. The van der Waals surface area contributed by atoms with Crippen LogP contribution in [0.4, 0.5) is 5.69 Å². The van der Waals surface area contributed by atoms with Gasteiger partial charge in [0.05, 0.1) is 17.9 Å². The number of nitrogens with zero attached hydrogens (tertiary/aromatic N) is 1. The van der Waals surface area contributed by atoms with E-state index in [1.807, 2.05) is 19.1 Å². The summed E-state index contributed by atoms with van der Waals surface area (Å²) < 4.78 is 11.9. The van der Waals surface area contributed by atoms with Crippen LogP contribution in [0.25, 0.3) is 0 Å². The Bertz CT molecular complexity index is 1090. The fourth-order valence-corrected chi connectivity index (χ4v) is 6.92. The highest BCUT2D eigenvalue weighted by molar-refractivity contribution is 6.30. The molecule has 9 heteroatoms. The Morgan fingerprint density at radius 3 is 2.68 bits per heavy atom. The molecule has 1 aromatic rings. The number of hydrogen-bond donors (Lipinski definition) is 2. The number of likely N-dealkylation sites (tertiary alicyclic amines) is 1. The van der Waals surface area contributed by atoms with Gasteiger partial charge < -0.3 is 25.0 Å². The monoisotopic (exact) mass is 543 g/mol. The largest absolute Gasteiger partial charge is 0.382 e. The molecule has 4 aliphatic rings. The molecule has 1 aliphatic carbocycles. The number of amides is 3. The topological polar surface area (TPSA) is 97.0 Å². The Kier molecular flexibility index (Phi) is 7.85. The van der Waals surface area contributed by atoms with E-state index in [0.29, 0.717) is 48.7 Å². The first kappa shape index (κ1) is 27.2. The minimum Gasteiger partial charge on any atom is -0.382 e. The van der Waals surface area contributed by atoms with Crippen molar-refractivity contribution in [2.75, 3.05) is 25.1 Å². The number of anilines is 1. The molecule has 3 aliphatic heterocycles. The van der Waals surface area contributed by atoms with Crippen LogP contribution >= 0.6 is 11.6 Å². The van der Waals surface area contributed by atoms with Crippen molar-refractivity contribution in [1.82, 2.24) is 10.2 Å². The number of nitrogens with one attached hydrogen (secondary N) is 2. The van der Waals surface area contributed by atoms with Gasteiger partial charge in [-0.05, 0) is 55.9 Å². The summed E-state index contributed by atoms with van der Waals surface area (Å²) in [6.07, 6.45) is 6.87. The summed E-state index contributed by atoms with van der Waals surface area (Å²) >= 11 is 5.99. The predicted octanol–water partition coefficient (Wildman–Crippen LogP) is 3.80. The molecule has 0 radical (unpaired) electrons. The van der Waals surface area contributed by atoms with E-state index in [2.05, 4.69) is 24.5 Å². The Labute approximate surface area is 229 Å². The molecule has 8 atom stereocenters. The molecular weight excluding hydrogens is 506 g/mol. The highest BCUT2D eigenvalue weighted by atomic mass is 35.5. The number of carbonyl (C=O) groups excluding carboxylic acids is 3. The average Bonchev–Trinajstić information content (AvgIpc) is 3.53. The summed E-state index contributed by atoms with van der Waals surface area (Å²) in [7, 11) is 0. The van der Waals surface area contributed by atoms with Crippen LogP contribution in [0.15, 0.2) is 36.4 Å². The Balaban J connectivity index is 1.41. The third-order valence-corrected chi connectivity index (χ3v) is 9.22. The number of halogens is 1. The molecule has 0 aromatic heterocycles. The minimum atomic E-state index is -1.16. The van der Waals surface area contributed by atoms with E-state index in [1.165, 1.54) is 0 Å². The molecule has 206 valence electrons. The molecule has 0 unspecified atom stereocenters. The van der Waals surface area contributed by atoms with Crippen molar-refractivity contribution >= 4 is 35.0 Å². The summed E-state index contributed by atoms with van der Waals surface area (Å²) in [5, 5.41) is 6.77. The van der Waals surface area contributed by atoms with E-state index in [1.54, 1.807) is 29.2 Å². The summed E-state index contributed by atoms with van der Waals surface area (Å²) in [5.41, 5.74) is -0.572. The fourth-order valence-electron chi connectivity index (χ4n) is 6.80. The maximum Gasteiger partial charge on any atom is 0.246 e. The van der Waals surface area contributed by atoms with Crippen LogP contribution in [0.1, 0.15) is 46.5 Å². The van der Waals surface area contributed by atoms with Crippen LogP contribution in [-0.4, -0.2) is 66.2 Å². The van der Waals surface area contributed by atoms with Crippen molar-refractivity contribution in [1.29, 1.82) is 0 Å². The summed E-state index contributed by atoms with van der Waals surface area (Å²) in [6, 6.07) is 6.06. The van der Waals surface area contributed by atoms with Gasteiger partial charge in [-0.25, -0.2) is 0 Å². The number of ether oxygens (including phenoxy) is 2. The van der Waals surface area contributed by atoms with Crippen molar-refractivity contribution in [3.8, 4) is 0 Å². The van der Waals surface area contributed by atoms with E-state index in [0.717, 1.165) is 19.3 Å². The number of hydrogen-bond acceptors (Lipinski definition) is 5. The van der Waals surface area contributed by atoms with Gasteiger partial charge in [-0.1, -0.05) is 50.4 Å². The first-order valence-electron chi connectivity index (χ1n) is 13.9. The molecule has 1 saturated carbocycles. The molecule has 2 bridgehead atoms. The van der Waals surface area contributed by atoms with E-state index < -0.39 is 29.6 Å². The normalized spacial score (nSPS) is 35.4. The van der Waals surface area contributed by atoms with Crippen molar-refractivity contribution in [3.63, 3.8) is 0 Å². The lowest BCUT2D eigenvalue weighted by Crippen LogP contribution is -2.58. The summed E-state index contributed by atoms with van der Waals surface area (Å²) in [4.78, 5) is 43.1. The second kappa shape index (κ2) is 11.0. The zero-order valence-corrected chi connectivity index (χ0v) is 23.1. The van der Waals surface area contributed by atoms with E-state index in [-0.39, 0.29) is 23.8 Å². The van der Waals surface area contributed by atoms with Gasteiger partial charge >= 0.3 is 0 Å². The second-order valence-corrected chi connectivity index (χ2v) is 11.6. The molecule has 1 aromatic carbocycles. The van der Waals surface area contributed by atoms with E-state index in [9.17, 15) is 14.4 Å². The van der Waals surface area contributed by atoms with Crippen LogP contribution in [0.5, 0.6) is 0 Å². The molecule has 3 amide bonds. The molecule has 38 heavy (non-hydrogen) atoms. The molecule has 3 heterocycles. The zero-order valence-electron chi connectivity index (χ0n) is 22.3. The van der Waals surface area contributed by atoms with Gasteiger partial charge in [-0.3, -0.25) is 14.4 Å². The highest BCUT2D eigenvalue weighted by Gasteiger charge is 2.72. The third kappa shape index (κ3) is 4.75. The lowest BCUT2D eigenvalue weighted by molar-refractivity contribution is -0.141. The lowest BCUT2D eigenvalue weighted by Gasteiger charge is -2.38. The van der Waals surface area contributed by atoms with Gasteiger partial charge in [0.15, 0.2) is 0 Å². The molecule has 2 saturated heterocycles. The quantitative estimate of drug-likeness (QED) is 0.365. The van der Waals surface area contributed by atoms with Gasteiger partial charge in [0.1, 0.15) is 11.6 Å². The second-order valence-electron chi connectivity index (χ2n) is 11.2. The molecule has 1 spiro atoms. The Morgan fingerprint density at radius 1 is 1.18 bits per heavy atom. The van der Waals surface area contributed by atoms with Crippen LogP contribution in [0, 0.1) is 23.7 Å². The van der Waals surface area contributed by atoms with Gasteiger partial charge in [0.25, 0.3) is 0 Å². The van der Waals surface area contributed by atoms with Crippen LogP contribution in [-0.2, 0) is 23.9 Å². The minimum absolute atomic E-state index is 0.0497. The van der Waals surface area contributed by atoms with Crippen molar-refractivity contribution in [2.24, 2.45) is 23.7 Å². The van der Waals surface area contributed by atoms with Crippen LogP contribution in [0.2, 0.25) is 5.02 Å². The number of fused-ring (bicyclic) bond motifs is 1. The molecule has 3 fully saturated rings. The first-order valence-corrected chi connectivity index (χ1v) is 14.3. The van der Waals surface area contributed by atoms with Crippen LogP contribution < -0.4 is 10.6 Å². The van der Waals surface area contributed by atoms with Gasteiger partial charge in [0.2, 0.25) is 17.7 Å². The molecule has 8 nitrogen and oxygen atoms in total. The number of carbonyl (C=O) groups is 3. The first-order chi connectivity index (χ1) is 18.3. The lowest BCUT2D eigenvalue weighted by atomic mass is 9.73. The average molecular weight is 544 g/mol. The SMILES string of the molecule is CCOCCCN1C(=O)[C@H]2[C@H](C(=O)Nc3ccc(Cl)cc3)[C@H]3C=C[C@@]2(O3)[C@@H]1C(=O)N[C@@H]1CCC[C@@H](C)[C@@H]1C. The predicted molar refractivity (Wildman–Crippen MR) is 145 cm³/mol. The van der Waals surface area contributed by atoms with Crippen molar-refractivity contribution in [2.45, 2.75) is 70.2 Å². The van der Waals surface area contributed by atoms with Crippen molar-refractivity contribution < 1.29 is 23.9 Å². The Hall–Kier alpha value is -2.42. The number of rotatable bonds is 9. The Morgan fingerprint density at radius 2 is 1.95 bits per heavy atom. The smallest absolute Gasteiger partial charge is 0.246 e. The molecule has 5 rings (SSSR count).